The van der Waals surface area contributed by atoms with Gasteiger partial charge in [-0.1, -0.05) is 60.7 Å². The molecule has 9 heteroatoms. The molecule has 0 radical (unpaired) electrons. The summed E-state index contributed by atoms with van der Waals surface area (Å²) >= 11 is 0. The van der Waals surface area contributed by atoms with Crippen LogP contribution in [0.4, 0.5) is 5.82 Å². The second kappa shape index (κ2) is 15.2. The van der Waals surface area contributed by atoms with Crippen LogP contribution in [0.3, 0.4) is 0 Å². The van der Waals surface area contributed by atoms with Crippen molar-refractivity contribution >= 4 is 34.4 Å². The van der Waals surface area contributed by atoms with Crippen molar-refractivity contribution in [3.05, 3.63) is 96.2 Å². The summed E-state index contributed by atoms with van der Waals surface area (Å²) < 4.78 is 0. The van der Waals surface area contributed by atoms with Gasteiger partial charge in [-0.25, -0.2) is 4.98 Å². The first-order valence-electron chi connectivity index (χ1n) is 12.9. The number of fused-ring (bicyclic) bond motifs is 1. The first kappa shape index (κ1) is 30.8. The predicted molar refractivity (Wildman–Crippen MR) is 153 cm³/mol. The Hall–Kier alpha value is -3.72. The molecule has 1 heterocycles. The van der Waals surface area contributed by atoms with Crippen LogP contribution in [-0.2, 0) is 14.4 Å². The summed E-state index contributed by atoms with van der Waals surface area (Å²) in [6.07, 6.45) is 2.28. The maximum absolute atomic E-state index is 12.5. The average molecular weight is 549 g/mol. The van der Waals surface area contributed by atoms with Gasteiger partial charge in [0.15, 0.2) is 0 Å². The molecule has 1 aromatic heterocycles. The van der Waals surface area contributed by atoms with Gasteiger partial charge in [-0.3, -0.25) is 14.4 Å². The number of hydrogen-bond acceptors (Lipinski definition) is 5. The summed E-state index contributed by atoms with van der Waals surface area (Å²) in [7, 11) is 0. The van der Waals surface area contributed by atoms with Gasteiger partial charge in [-0.2, -0.15) is 0 Å². The molecule has 0 fully saturated rings. The molecule has 1 atom stereocenters. The number of nitrogens with zero attached hydrogens (tertiary/aromatic N) is 1. The molecule has 2 amide bonds. The van der Waals surface area contributed by atoms with Crippen molar-refractivity contribution in [2.75, 3.05) is 18.4 Å². The van der Waals surface area contributed by atoms with Gasteiger partial charge in [0.25, 0.3) is 0 Å². The standard InChI is InChI=1S/C31H32N4O4.Na.H/c1-21-14-16-33-28(17-21)32-15-4-7-29(36)34-20-30(37)35-27(19-31(38)39)24-11-8-23(9-12-24)26-13-10-22-5-2-3-6-25(22)18-26;;/h2-3,5-6,8-14,16-18,27H,4,7,15,19-20H2,1H3,(H,32,33)(H,34,36)(H,35,37)(H,38,39);;/q;+1;-1. The Bertz CT molecular complexity index is 1470. The van der Waals surface area contributed by atoms with Crippen LogP contribution < -0.4 is 45.5 Å². The normalized spacial score (nSPS) is 11.2. The van der Waals surface area contributed by atoms with E-state index in [1.165, 1.54) is 0 Å². The summed E-state index contributed by atoms with van der Waals surface area (Å²) in [5.74, 6) is -0.975. The Kier molecular flexibility index (Phi) is 11.7. The van der Waals surface area contributed by atoms with Gasteiger partial charge in [0.1, 0.15) is 5.82 Å². The number of aromatic nitrogens is 1. The molecule has 4 rings (SSSR count). The first-order valence-corrected chi connectivity index (χ1v) is 12.9. The van der Waals surface area contributed by atoms with Crippen LogP contribution in [-0.4, -0.2) is 41.0 Å². The average Bonchev–Trinajstić information content (AvgIpc) is 2.93. The number of aliphatic carboxylic acids is 1. The molecular weight excluding hydrogens is 515 g/mol. The SMILES string of the molecule is Cc1ccnc(NCCCC(=O)NCC(=O)NC(CC(=O)O)c2ccc(-c3ccc4ccccc4c3)cc2)c1.[H-].[Na+]. The van der Waals surface area contributed by atoms with Crippen molar-refractivity contribution in [1.82, 2.24) is 15.6 Å². The number of pyridine rings is 1. The number of benzene rings is 3. The van der Waals surface area contributed by atoms with E-state index < -0.39 is 17.9 Å². The van der Waals surface area contributed by atoms with Gasteiger partial charge < -0.3 is 22.5 Å². The molecule has 4 aromatic rings. The van der Waals surface area contributed by atoms with Gasteiger partial charge in [-0.15, -0.1) is 0 Å². The van der Waals surface area contributed by atoms with E-state index in [1.54, 1.807) is 6.20 Å². The number of carbonyl (C=O) groups excluding carboxylic acids is 2. The van der Waals surface area contributed by atoms with E-state index in [1.807, 2.05) is 61.5 Å². The number of aryl methyl sites for hydroxylation is 1. The van der Waals surface area contributed by atoms with E-state index in [9.17, 15) is 19.5 Å². The number of nitrogens with one attached hydrogen (secondary N) is 3. The largest absolute Gasteiger partial charge is 1.00 e. The number of rotatable bonds is 12. The second-order valence-corrected chi connectivity index (χ2v) is 9.43. The minimum Gasteiger partial charge on any atom is -1.00 e. The number of carboxylic acids is 1. The van der Waals surface area contributed by atoms with Gasteiger partial charge in [0, 0.05) is 19.2 Å². The van der Waals surface area contributed by atoms with E-state index in [4.69, 9.17) is 0 Å². The third-order valence-electron chi connectivity index (χ3n) is 6.36. The van der Waals surface area contributed by atoms with Crippen molar-refractivity contribution in [2.45, 2.75) is 32.2 Å². The summed E-state index contributed by atoms with van der Waals surface area (Å²) in [5, 5.41) is 20.2. The molecule has 0 aliphatic heterocycles. The zero-order valence-electron chi connectivity index (χ0n) is 23.8. The molecule has 0 saturated heterocycles. The van der Waals surface area contributed by atoms with E-state index >= 15 is 0 Å². The first-order chi connectivity index (χ1) is 18.9. The van der Waals surface area contributed by atoms with Gasteiger partial charge in [0.2, 0.25) is 11.8 Å². The van der Waals surface area contributed by atoms with Gasteiger partial charge in [-0.05, 0) is 64.6 Å². The quantitative estimate of drug-likeness (QED) is 0.159. The maximum Gasteiger partial charge on any atom is 1.00 e. The number of carbonyl (C=O) groups is 3. The van der Waals surface area contributed by atoms with Crippen LogP contribution in [0.5, 0.6) is 0 Å². The molecule has 40 heavy (non-hydrogen) atoms. The fourth-order valence-corrected chi connectivity index (χ4v) is 4.31. The van der Waals surface area contributed by atoms with E-state index in [-0.39, 0.29) is 56.3 Å². The Morgan fingerprint density at radius 3 is 2.35 bits per heavy atom. The smallest absolute Gasteiger partial charge is 1.00 e. The van der Waals surface area contributed by atoms with Gasteiger partial charge >= 0.3 is 35.5 Å². The summed E-state index contributed by atoms with van der Waals surface area (Å²) in [6.45, 7) is 2.33. The Morgan fingerprint density at radius 1 is 0.900 bits per heavy atom. The molecular formula is C31H33N4NaO4. The Labute approximate surface area is 257 Å². The maximum atomic E-state index is 12.5. The monoisotopic (exact) mass is 548 g/mol. The van der Waals surface area contributed by atoms with E-state index in [0.717, 1.165) is 33.3 Å². The van der Waals surface area contributed by atoms with Crippen LogP contribution in [0.1, 0.15) is 37.9 Å². The van der Waals surface area contributed by atoms with Crippen LogP contribution in [0.15, 0.2) is 85.1 Å². The van der Waals surface area contributed by atoms with Crippen LogP contribution in [0.2, 0.25) is 0 Å². The molecule has 0 aliphatic rings. The Morgan fingerprint density at radius 2 is 1.62 bits per heavy atom. The fraction of sp³-hybridized carbons (Fsp3) is 0.226. The van der Waals surface area contributed by atoms with Crippen LogP contribution >= 0.6 is 0 Å². The molecule has 4 N–H and O–H groups in total. The number of hydrogen-bond donors (Lipinski definition) is 4. The zero-order valence-corrected chi connectivity index (χ0v) is 24.8. The third kappa shape index (κ3) is 9.19. The topological polar surface area (TPSA) is 120 Å². The predicted octanol–water partition coefficient (Wildman–Crippen LogP) is 1.97. The van der Waals surface area contributed by atoms with Crippen LogP contribution in [0.25, 0.3) is 21.9 Å². The molecule has 1 unspecified atom stereocenters. The molecule has 202 valence electrons. The number of carboxylic acid groups (broad SMARTS) is 1. The summed E-state index contributed by atoms with van der Waals surface area (Å²) in [5.41, 5.74) is 3.81. The fourth-order valence-electron chi connectivity index (χ4n) is 4.31. The molecule has 0 bridgehead atoms. The molecule has 0 saturated carbocycles. The van der Waals surface area contributed by atoms with Crippen molar-refractivity contribution in [3.8, 4) is 11.1 Å². The number of amides is 2. The third-order valence-corrected chi connectivity index (χ3v) is 6.36. The van der Waals surface area contributed by atoms with Crippen molar-refractivity contribution in [2.24, 2.45) is 0 Å². The van der Waals surface area contributed by atoms with Crippen LogP contribution in [0, 0.1) is 6.92 Å². The van der Waals surface area contributed by atoms with Crippen molar-refractivity contribution in [1.29, 1.82) is 0 Å². The molecule has 0 spiro atoms. The Balaban J connectivity index is 0.00000294. The number of anilines is 1. The molecule has 0 aliphatic carbocycles. The summed E-state index contributed by atoms with van der Waals surface area (Å²) in [6, 6.07) is 25.0. The van der Waals surface area contributed by atoms with Crippen molar-refractivity contribution < 1.29 is 50.5 Å². The van der Waals surface area contributed by atoms with E-state index in [2.05, 4.69) is 45.2 Å². The second-order valence-electron chi connectivity index (χ2n) is 9.43. The summed E-state index contributed by atoms with van der Waals surface area (Å²) in [4.78, 5) is 40.4. The molecule has 3 aromatic carbocycles. The minimum absolute atomic E-state index is 0. The van der Waals surface area contributed by atoms with Gasteiger partial charge in [0.05, 0.1) is 19.0 Å². The minimum atomic E-state index is -1.03. The molecule has 8 nitrogen and oxygen atoms in total. The zero-order chi connectivity index (χ0) is 27.6. The van der Waals surface area contributed by atoms with Crippen molar-refractivity contribution in [3.63, 3.8) is 0 Å². The van der Waals surface area contributed by atoms with E-state index in [0.29, 0.717) is 18.5 Å².